The van der Waals surface area contributed by atoms with Crippen LogP contribution >= 0.6 is 0 Å². The summed E-state index contributed by atoms with van der Waals surface area (Å²) >= 11 is 0. The van der Waals surface area contributed by atoms with Gasteiger partial charge in [-0.25, -0.2) is 9.59 Å². The molecule has 1 amide bonds. The van der Waals surface area contributed by atoms with Crippen LogP contribution < -0.4 is 4.90 Å². The second-order valence-corrected chi connectivity index (χ2v) is 9.81. The number of rotatable bonds is 6. The number of amides is 1. The van der Waals surface area contributed by atoms with E-state index in [0.29, 0.717) is 18.8 Å². The molecule has 0 radical (unpaired) electrons. The summed E-state index contributed by atoms with van der Waals surface area (Å²) in [6.45, 7) is 3.77. The number of piperazine rings is 1. The highest BCUT2D eigenvalue weighted by Gasteiger charge is 2.45. The van der Waals surface area contributed by atoms with E-state index in [4.69, 9.17) is 9.57 Å². The van der Waals surface area contributed by atoms with Gasteiger partial charge in [-0.05, 0) is 48.7 Å². The highest BCUT2D eigenvalue weighted by Crippen LogP contribution is 2.36. The SMILES string of the molecule is O=C1/C=C/C(=O)ON2C(=O)C(CC2c2ccc(CCCN3CCN(c4cccc(C(F)(F)F)c4)CC3)cc2)O1. The van der Waals surface area contributed by atoms with Crippen LogP contribution in [0.3, 0.4) is 0 Å². The van der Waals surface area contributed by atoms with E-state index in [1.165, 1.54) is 12.1 Å². The molecule has 0 N–H and O–H groups in total. The van der Waals surface area contributed by atoms with Gasteiger partial charge in [0.15, 0.2) is 6.10 Å². The number of hydroxylamine groups is 2. The quantitative estimate of drug-likeness (QED) is 0.515. The van der Waals surface area contributed by atoms with Crippen molar-refractivity contribution in [3.05, 3.63) is 77.4 Å². The highest BCUT2D eigenvalue weighted by molar-refractivity contribution is 5.95. The monoisotopic (exact) mass is 543 g/mol. The molecule has 3 heterocycles. The lowest BCUT2D eigenvalue weighted by Gasteiger charge is -2.36. The van der Waals surface area contributed by atoms with Crippen LogP contribution in [0.1, 0.15) is 35.6 Å². The van der Waals surface area contributed by atoms with Gasteiger partial charge in [0.25, 0.3) is 5.91 Å². The second kappa shape index (κ2) is 11.1. The summed E-state index contributed by atoms with van der Waals surface area (Å²) in [6, 6.07) is 12.6. The first-order chi connectivity index (χ1) is 18.7. The standard InChI is InChI=1S/C28H28F3N3O5/c29-28(30,31)21-4-1-5-22(17-21)33-15-13-32(14-16-33)12-2-3-19-6-8-20(9-7-19)23-18-24-27(37)34(23)39-26(36)11-10-25(35)38-24/h1,4-11,17,23-24H,2-3,12-16,18H2/b11-10+. The molecule has 3 aliphatic rings. The van der Waals surface area contributed by atoms with E-state index >= 15 is 0 Å². The van der Waals surface area contributed by atoms with Crippen molar-refractivity contribution >= 4 is 23.5 Å². The number of ether oxygens (including phenoxy) is 1. The Morgan fingerprint density at radius 1 is 0.897 bits per heavy atom. The molecule has 8 nitrogen and oxygen atoms in total. The smallest absolute Gasteiger partial charge is 0.416 e. The zero-order chi connectivity index (χ0) is 27.6. The van der Waals surface area contributed by atoms with Crippen LogP contribution in [0.2, 0.25) is 0 Å². The normalized spacial score (nSPS) is 23.1. The van der Waals surface area contributed by atoms with E-state index in [9.17, 15) is 27.6 Å². The molecule has 2 aromatic rings. The molecule has 11 heteroatoms. The average Bonchev–Trinajstić information content (AvgIpc) is 3.24. The molecule has 39 heavy (non-hydrogen) atoms. The van der Waals surface area contributed by atoms with Crippen LogP contribution in [-0.4, -0.2) is 66.6 Å². The molecule has 2 unspecified atom stereocenters. The Hall–Kier alpha value is -3.86. The predicted molar refractivity (Wildman–Crippen MR) is 134 cm³/mol. The fourth-order valence-electron chi connectivity index (χ4n) is 5.14. The van der Waals surface area contributed by atoms with Crippen LogP contribution in [0, 0.1) is 0 Å². The summed E-state index contributed by atoms with van der Waals surface area (Å²) in [5.41, 5.74) is 1.85. The molecular weight excluding hydrogens is 515 g/mol. The Labute approximate surface area is 223 Å². The van der Waals surface area contributed by atoms with Crippen molar-refractivity contribution in [2.24, 2.45) is 0 Å². The zero-order valence-corrected chi connectivity index (χ0v) is 21.1. The molecule has 2 fully saturated rings. The molecule has 206 valence electrons. The van der Waals surface area contributed by atoms with Gasteiger partial charge in [-0.15, -0.1) is 0 Å². The fourth-order valence-corrected chi connectivity index (χ4v) is 5.14. The number of carbonyl (C=O) groups is 3. The number of anilines is 1. The molecular formula is C28H28F3N3O5. The van der Waals surface area contributed by atoms with Crippen molar-refractivity contribution < 1.29 is 37.1 Å². The molecule has 2 aromatic carbocycles. The lowest BCUT2D eigenvalue weighted by Crippen LogP contribution is -2.46. The minimum Gasteiger partial charge on any atom is -0.449 e. The molecule has 3 aliphatic heterocycles. The number of hydrogen-bond donors (Lipinski definition) is 0. The summed E-state index contributed by atoms with van der Waals surface area (Å²) < 4.78 is 44.3. The van der Waals surface area contributed by atoms with Gasteiger partial charge < -0.3 is 14.5 Å². The number of aryl methyl sites for hydroxylation is 1. The number of carbonyl (C=O) groups excluding carboxylic acids is 3. The van der Waals surface area contributed by atoms with Gasteiger partial charge in [0.05, 0.1) is 11.6 Å². The first kappa shape index (κ1) is 26.7. The number of halogens is 3. The summed E-state index contributed by atoms with van der Waals surface area (Å²) in [7, 11) is 0. The fraction of sp³-hybridized carbons (Fsp3) is 0.393. The minimum atomic E-state index is -4.35. The molecule has 0 saturated carbocycles. The van der Waals surface area contributed by atoms with Crippen LogP contribution in [0.15, 0.2) is 60.7 Å². The minimum absolute atomic E-state index is 0.192. The van der Waals surface area contributed by atoms with Crippen molar-refractivity contribution in [2.75, 3.05) is 37.6 Å². The lowest BCUT2D eigenvalue weighted by atomic mass is 10.0. The lowest BCUT2D eigenvalue weighted by molar-refractivity contribution is -0.198. The van der Waals surface area contributed by atoms with Gasteiger partial charge in [-0.3, -0.25) is 9.69 Å². The van der Waals surface area contributed by atoms with Crippen molar-refractivity contribution in [1.82, 2.24) is 9.96 Å². The number of fused-ring (bicyclic) bond motifs is 2. The number of nitrogens with zero attached hydrogens (tertiary/aromatic N) is 3. The largest absolute Gasteiger partial charge is 0.449 e. The van der Waals surface area contributed by atoms with E-state index in [1.54, 1.807) is 6.07 Å². The van der Waals surface area contributed by atoms with Gasteiger partial charge in [-0.2, -0.15) is 18.2 Å². The van der Waals surface area contributed by atoms with E-state index in [-0.39, 0.29) is 6.42 Å². The Morgan fingerprint density at radius 2 is 1.62 bits per heavy atom. The summed E-state index contributed by atoms with van der Waals surface area (Å²) in [6.07, 6.45) is -1.54. The number of esters is 1. The van der Waals surface area contributed by atoms with E-state index in [2.05, 4.69) is 4.90 Å². The van der Waals surface area contributed by atoms with E-state index in [1.807, 2.05) is 29.2 Å². The third kappa shape index (κ3) is 6.25. The Bertz CT molecular complexity index is 1260. The first-order valence-corrected chi connectivity index (χ1v) is 12.8. The molecule has 2 atom stereocenters. The van der Waals surface area contributed by atoms with E-state index < -0.39 is 41.7 Å². The van der Waals surface area contributed by atoms with Gasteiger partial charge in [0.2, 0.25) is 0 Å². The van der Waals surface area contributed by atoms with Crippen molar-refractivity contribution in [2.45, 2.75) is 37.6 Å². The van der Waals surface area contributed by atoms with Crippen LogP contribution in [0.5, 0.6) is 0 Å². The molecule has 5 rings (SSSR count). The third-order valence-corrected chi connectivity index (χ3v) is 7.23. The molecule has 0 aliphatic carbocycles. The van der Waals surface area contributed by atoms with Crippen molar-refractivity contribution in [3.63, 3.8) is 0 Å². The van der Waals surface area contributed by atoms with Gasteiger partial charge in [0.1, 0.15) is 0 Å². The van der Waals surface area contributed by atoms with Crippen molar-refractivity contribution in [3.8, 4) is 0 Å². The second-order valence-electron chi connectivity index (χ2n) is 9.81. The Balaban J connectivity index is 1.11. The topological polar surface area (TPSA) is 79.4 Å². The maximum Gasteiger partial charge on any atom is 0.416 e. The van der Waals surface area contributed by atoms with Gasteiger partial charge in [-0.1, -0.05) is 30.3 Å². The first-order valence-electron chi connectivity index (χ1n) is 12.8. The Kier molecular flexibility index (Phi) is 7.60. The molecule has 0 spiro atoms. The molecule has 2 bridgehead atoms. The number of benzene rings is 2. The summed E-state index contributed by atoms with van der Waals surface area (Å²) in [5.74, 6) is -2.15. The third-order valence-electron chi connectivity index (χ3n) is 7.23. The summed E-state index contributed by atoms with van der Waals surface area (Å²) in [5, 5.41) is 0.990. The Morgan fingerprint density at radius 3 is 2.33 bits per heavy atom. The van der Waals surface area contributed by atoms with Gasteiger partial charge in [0, 0.05) is 50.4 Å². The van der Waals surface area contributed by atoms with Crippen LogP contribution in [0.25, 0.3) is 0 Å². The average molecular weight is 544 g/mol. The van der Waals surface area contributed by atoms with Gasteiger partial charge >= 0.3 is 18.1 Å². The predicted octanol–water partition coefficient (Wildman–Crippen LogP) is 3.67. The van der Waals surface area contributed by atoms with Crippen LogP contribution in [-0.2, 0) is 36.6 Å². The maximum absolute atomic E-state index is 13.0. The number of hydrogen-bond acceptors (Lipinski definition) is 7. The molecule has 0 aromatic heterocycles. The van der Waals surface area contributed by atoms with Crippen molar-refractivity contribution in [1.29, 1.82) is 0 Å². The van der Waals surface area contributed by atoms with E-state index in [0.717, 1.165) is 66.9 Å². The maximum atomic E-state index is 13.0. The van der Waals surface area contributed by atoms with Crippen LogP contribution in [0.4, 0.5) is 18.9 Å². The highest BCUT2D eigenvalue weighted by atomic mass is 19.4. The molecule has 2 saturated heterocycles. The number of alkyl halides is 3. The zero-order valence-electron chi connectivity index (χ0n) is 21.1. The summed E-state index contributed by atoms with van der Waals surface area (Å²) in [4.78, 5) is 45.8.